The molecule has 3 fully saturated rings. The molecule has 0 spiro atoms. The van der Waals surface area contributed by atoms with E-state index >= 15 is 0 Å². The largest absolute Gasteiger partial charge is 0.550 e. The summed E-state index contributed by atoms with van der Waals surface area (Å²) < 4.78 is 0. The maximum Gasteiger partial charge on any atom is 0.227 e. The van der Waals surface area contributed by atoms with Gasteiger partial charge in [0.2, 0.25) is 5.91 Å². The Labute approximate surface area is 171 Å². The van der Waals surface area contributed by atoms with Crippen LogP contribution < -0.4 is 10.0 Å². The molecule has 1 aromatic rings. The van der Waals surface area contributed by atoms with Crippen molar-refractivity contribution in [3.8, 4) is 0 Å². The number of carbonyl (C=O) groups is 2. The highest BCUT2D eigenvalue weighted by atomic mass is 35.5. The molecule has 1 amide bonds. The van der Waals surface area contributed by atoms with Gasteiger partial charge in [-0.2, -0.15) is 0 Å². The van der Waals surface area contributed by atoms with Crippen LogP contribution in [0.1, 0.15) is 26.7 Å². The Hall–Kier alpha value is -2.01. The second kappa shape index (κ2) is 7.43. The summed E-state index contributed by atoms with van der Waals surface area (Å²) in [7, 11) is 0. The van der Waals surface area contributed by atoms with E-state index in [9.17, 15) is 14.7 Å². The summed E-state index contributed by atoms with van der Waals surface area (Å²) in [5.41, 5.74) is 3.34. The first-order valence-corrected chi connectivity index (χ1v) is 10.4. The van der Waals surface area contributed by atoms with Crippen molar-refractivity contribution in [1.82, 2.24) is 4.90 Å². The monoisotopic (exact) mass is 401 g/mol. The Morgan fingerprint density at radius 3 is 2.18 bits per heavy atom. The van der Waals surface area contributed by atoms with Crippen LogP contribution in [0.5, 0.6) is 0 Å². The van der Waals surface area contributed by atoms with Gasteiger partial charge in [-0.25, -0.2) is 0 Å². The van der Waals surface area contributed by atoms with Crippen LogP contribution in [0.15, 0.2) is 35.4 Å². The van der Waals surface area contributed by atoms with E-state index in [-0.39, 0.29) is 17.7 Å². The summed E-state index contributed by atoms with van der Waals surface area (Å²) in [6, 6.07) is 7.72. The van der Waals surface area contributed by atoms with Gasteiger partial charge < -0.3 is 19.7 Å². The molecule has 0 aromatic heterocycles. The number of carbonyl (C=O) groups excluding carboxylic acids is 2. The number of para-hydroxylation sites is 1. The standard InChI is InChI=1S/C22H27ClN2O3/c1-13(2)18-14-7-8-15(18)20(22(27)28)19(14)21(26)25-11-9-24(10-12-25)17-6-4-3-5-16(17)23/h3-6,14-15,19-20H,7-12H2,1-2H3,(H,27,28)/p-1/t14-,15+,19+,20-/m0/s1. The fraction of sp³-hybridized carbons (Fsp3) is 0.545. The maximum atomic E-state index is 13.4. The average molecular weight is 402 g/mol. The molecule has 1 saturated heterocycles. The van der Waals surface area contributed by atoms with Crippen molar-refractivity contribution in [3.05, 3.63) is 40.4 Å². The molecule has 28 heavy (non-hydrogen) atoms. The summed E-state index contributed by atoms with van der Waals surface area (Å²) in [4.78, 5) is 29.3. The highest BCUT2D eigenvalue weighted by Crippen LogP contribution is 2.57. The van der Waals surface area contributed by atoms with Crippen LogP contribution >= 0.6 is 11.6 Å². The lowest BCUT2D eigenvalue weighted by molar-refractivity contribution is -0.314. The number of anilines is 1. The molecule has 2 bridgehead atoms. The maximum absolute atomic E-state index is 13.4. The highest BCUT2D eigenvalue weighted by molar-refractivity contribution is 6.33. The summed E-state index contributed by atoms with van der Waals surface area (Å²) in [5.74, 6) is -2.21. The summed E-state index contributed by atoms with van der Waals surface area (Å²) in [5, 5.41) is 12.6. The minimum absolute atomic E-state index is 0.0149. The van der Waals surface area contributed by atoms with Gasteiger partial charge in [-0.05, 0) is 50.7 Å². The van der Waals surface area contributed by atoms with E-state index in [0.29, 0.717) is 31.2 Å². The SMILES string of the molecule is CC(C)=C1[C@H]2CC[C@@H]1[C@@H](C(=O)N1CCN(c3ccccc3Cl)CC1)[C@H]2C(=O)[O-]. The van der Waals surface area contributed by atoms with Crippen molar-refractivity contribution in [1.29, 1.82) is 0 Å². The lowest BCUT2D eigenvalue weighted by Gasteiger charge is -2.40. The molecule has 150 valence electrons. The molecule has 6 heteroatoms. The Bertz CT molecular complexity index is 825. The van der Waals surface area contributed by atoms with Crippen molar-refractivity contribution >= 4 is 29.2 Å². The van der Waals surface area contributed by atoms with E-state index in [2.05, 4.69) is 4.90 Å². The van der Waals surface area contributed by atoms with Crippen molar-refractivity contribution in [3.63, 3.8) is 0 Å². The quantitative estimate of drug-likeness (QED) is 0.729. The lowest BCUT2D eigenvalue weighted by Crippen LogP contribution is -2.53. The Kier molecular flexibility index (Phi) is 5.13. The Morgan fingerprint density at radius 2 is 1.61 bits per heavy atom. The molecule has 1 aromatic carbocycles. The number of piperazine rings is 1. The van der Waals surface area contributed by atoms with E-state index in [1.165, 1.54) is 5.57 Å². The van der Waals surface area contributed by atoms with Crippen LogP contribution in [0.4, 0.5) is 5.69 Å². The number of aliphatic carboxylic acids is 1. The number of fused-ring (bicyclic) bond motifs is 2. The molecule has 1 aliphatic heterocycles. The Balaban J connectivity index is 1.50. The predicted molar refractivity (Wildman–Crippen MR) is 107 cm³/mol. The van der Waals surface area contributed by atoms with Gasteiger partial charge >= 0.3 is 0 Å². The van der Waals surface area contributed by atoms with Crippen LogP contribution in [-0.4, -0.2) is 43.0 Å². The van der Waals surface area contributed by atoms with Gasteiger partial charge in [0.25, 0.3) is 0 Å². The second-order valence-corrected chi connectivity index (χ2v) is 8.79. The van der Waals surface area contributed by atoms with Crippen molar-refractivity contribution in [2.75, 3.05) is 31.1 Å². The molecule has 4 atom stereocenters. The molecule has 2 saturated carbocycles. The number of benzene rings is 1. The number of amides is 1. The second-order valence-electron chi connectivity index (χ2n) is 8.38. The summed E-state index contributed by atoms with van der Waals surface area (Å²) >= 11 is 6.30. The zero-order valence-corrected chi connectivity index (χ0v) is 17.1. The lowest BCUT2D eigenvalue weighted by atomic mass is 9.78. The first kappa shape index (κ1) is 19.3. The van der Waals surface area contributed by atoms with Gasteiger partial charge in [0, 0.05) is 38.1 Å². The normalized spacial score (nSPS) is 29.3. The first-order valence-electron chi connectivity index (χ1n) is 10.1. The average Bonchev–Trinajstić information content (AvgIpc) is 3.24. The molecule has 3 aliphatic rings. The third kappa shape index (κ3) is 3.10. The number of hydrogen-bond donors (Lipinski definition) is 0. The number of allylic oxidation sites excluding steroid dienone is 2. The molecule has 4 rings (SSSR count). The van der Waals surface area contributed by atoms with Crippen LogP contribution in [0.3, 0.4) is 0 Å². The van der Waals surface area contributed by atoms with Gasteiger partial charge in [0.1, 0.15) is 0 Å². The molecular formula is C22H26ClN2O3-. The third-order valence-corrected chi connectivity index (χ3v) is 7.08. The van der Waals surface area contributed by atoms with E-state index in [1.54, 1.807) is 0 Å². The zero-order chi connectivity index (χ0) is 20.0. The fourth-order valence-electron chi connectivity index (χ4n) is 5.66. The smallest absolute Gasteiger partial charge is 0.227 e. The number of rotatable bonds is 3. The van der Waals surface area contributed by atoms with E-state index in [4.69, 9.17) is 11.6 Å². The first-order chi connectivity index (χ1) is 13.4. The van der Waals surface area contributed by atoms with Crippen LogP contribution in [0.2, 0.25) is 5.02 Å². The van der Waals surface area contributed by atoms with Crippen molar-refractivity contribution in [2.45, 2.75) is 26.7 Å². The molecule has 5 nitrogen and oxygen atoms in total. The van der Waals surface area contributed by atoms with Gasteiger partial charge in [-0.1, -0.05) is 34.9 Å². The number of carboxylic acid groups (broad SMARTS) is 1. The fourth-order valence-corrected chi connectivity index (χ4v) is 5.91. The molecule has 1 heterocycles. The number of nitrogens with zero attached hydrogens (tertiary/aromatic N) is 2. The number of carboxylic acids is 1. The summed E-state index contributed by atoms with van der Waals surface area (Å²) in [6.07, 6.45) is 1.76. The van der Waals surface area contributed by atoms with Crippen molar-refractivity contribution < 1.29 is 14.7 Å². The van der Waals surface area contributed by atoms with Gasteiger partial charge in [-0.3, -0.25) is 4.79 Å². The highest BCUT2D eigenvalue weighted by Gasteiger charge is 2.55. The van der Waals surface area contributed by atoms with Gasteiger partial charge in [0.05, 0.1) is 16.6 Å². The third-order valence-electron chi connectivity index (χ3n) is 6.76. The Morgan fingerprint density at radius 1 is 1.00 bits per heavy atom. The van der Waals surface area contributed by atoms with Gasteiger partial charge in [0.15, 0.2) is 0 Å². The van der Waals surface area contributed by atoms with E-state index < -0.39 is 17.8 Å². The van der Waals surface area contributed by atoms with Crippen LogP contribution in [0.25, 0.3) is 0 Å². The topological polar surface area (TPSA) is 63.7 Å². The van der Waals surface area contributed by atoms with Crippen LogP contribution in [-0.2, 0) is 9.59 Å². The summed E-state index contributed by atoms with van der Waals surface area (Å²) in [6.45, 7) is 6.62. The van der Waals surface area contributed by atoms with Crippen molar-refractivity contribution in [2.24, 2.45) is 23.7 Å². The predicted octanol–water partition coefficient (Wildman–Crippen LogP) is 2.35. The number of hydrogen-bond acceptors (Lipinski definition) is 4. The minimum Gasteiger partial charge on any atom is -0.550 e. The number of halogens is 1. The minimum atomic E-state index is -1.07. The van der Waals surface area contributed by atoms with E-state index in [1.807, 2.05) is 43.0 Å². The van der Waals surface area contributed by atoms with Crippen LogP contribution in [0, 0.1) is 23.7 Å². The van der Waals surface area contributed by atoms with Gasteiger partial charge in [-0.15, -0.1) is 0 Å². The van der Waals surface area contributed by atoms with E-state index in [0.717, 1.165) is 24.1 Å². The molecule has 0 N–H and O–H groups in total. The molecule has 0 unspecified atom stereocenters. The molecular weight excluding hydrogens is 376 g/mol. The molecule has 2 aliphatic carbocycles. The molecule has 0 radical (unpaired) electrons. The zero-order valence-electron chi connectivity index (χ0n) is 16.4.